The van der Waals surface area contributed by atoms with Crippen molar-refractivity contribution < 1.29 is 23.1 Å². The summed E-state index contributed by atoms with van der Waals surface area (Å²) >= 11 is 0. The summed E-state index contributed by atoms with van der Waals surface area (Å²) in [6.45, 7) is 1.93. The molecule has 0 bridgehead atoms. The van der Waals surface area contributed by atoms with Gasteiger partial charge in [0, 0.05) is 5.56 Å². The second-order valence-electron chi connectivity index (χ2n) is 5.01. The fourth-order valence-electron chi connectivity index (χ4n) is 1.94. The van der Waals surface area contributed by atoms with Crippen LogP contribution in [0.2, 0.25) is 0 Å². The molecule has 1 rings (SSSR count). The van der Waals surface area contributed by atoms with E-state index in [0.717, 1.165) is 6.42 Å². The zero-order valence-electron chi connectivity index (χ0n) is 12.3. The van der Waals surface area contributed by atoms with E-state index < -0.39 is 27.9 Å². The van der Waals surface area contributed by atoms with Gasteiger partial charge in [-0.25, -0.2) is 18.4 Å². The van der Waals surface area contributed by atoms with Crippen LogP contribution in [0.3, 0.4) is 0 Å². The van der Waals surface area contributed by atoms with Crippen molar-refractivity contribution in [2.45, 2.75) is 38.0 Å². The van der Waals surface area contributed by atoms with Gasteiger partial charge in [0.25, 0.3) is 5.91 Å². The first-order valence-corrected chi connectivity index (χ1v) is 8.57. The van der Waals surface area contributed by atoms with Crippen molar-refractivity contribution in [2.75, 3.05) is 0 Å². The molecule has 0 fully saturated rings. The van der Waals surface area contributed by atoms with Crippen molar-refractivity contribution in [3.63, 3.8) is 0 Å². The summed E-state index contributed by atoms with van der Waals surface area (Å²) in [6, 6.07) is 4.97. The maximum atomic E-state index is 12.1. The summed E-state index contributed by atoms with van der Waals surface area (Å²) in [5.74, 6) is -2.03. The number of carbonyl (C=O) groups is 2. The van der Waals surface area contributed by atoms with Gasteiger partial charge >= 0.3 is 5.97 Å². The summed E-state index contributed by atoms with van der Waals surface area (Å²) in [6.07, 6.45) is 1.85. The number of primary sulfonamides is 1. The predicted octanol–water partition coefficient (Wildman–Crippen LogP) is 0.848. The first-order valence-electron chi connectivity index (χ1n) is 6.86. The van der Waals surface area contributed by atoms with Crippen LogP contribution in [0.15, 0.2) is 24.3 Å². The minimum absolute atomic E-state index is 0.198. The molecule has 0 aliphatic heterocycles. The Morgan fingerprint density at radius 1 is 1.36 bits per heavy atom. The van der Waals surface area contributed by atoms with E-state index in [0.29, 0.717) is 18.4 Å². The Kier molecular flexibility index (Phi) is 6.51. The molecular formula is C14H20N2O5S. The molecule has 0 radical (unpaired) electrons. The van der Waals surface area contributed by atoms with Gasteiger partial charge in [0.1, 0.15) is 6.04 Å². The largest absolute Gasteiger partial charge is 0.480 e. The van der Waals surface area contributed by atoms with Crippen LogP contribution in [0, 0.1) is 0 Å². The number of rotatable bonds is 8. The lowest BCUT2D eigenvalue weighted by atomic mass is 10.1. The zero-order chi connectivity index (χ0) is 16.8. The molecule has 22 heavy (non-hydrogen) atoms. The second-order valence-corrected chi connectivity index (χ2v) is 6.63. The van der Waals surface area contributed by atoms with Crippen molar-refractivity contribution in [3.05, 3.63) is 35.4 Å². The molecule has 0 aliphatic carbocycles. The number of hydrogen-bond donors (Lipinski definition) is 3. The summed E-state index contributed by atoms with van der Waals surface area (Å²) < 4.78 is 22.1. The van der Waals surface area contributed by atoms with Gasteiger partial charge in [0.2, 0.25) is 10.0 Å². The standard InChI is InChI=1S/C14H20N2O5S/c1-2-3-7-12(14(18)19)16-13(17)11-6-4-5-10(8-11)9-22(15,20)21/h4-6,8,12H,2-3,7,9H2,1H3,(H,16,17)(H,18,19)(H2,15,20,21)/t12-/m0/s1. The van der Waals surface area contributed by atoms with Gasteiger partial charge < -0.3 is 10.4 Å². The van der Waals surface area contributed by atoms with Crippen molar-refractivity contribution in [1.29, 1.82) is 0 Å². The summed E-state index contributed by atoms with van der Waals surface area (Å²) in [5.41, 5.74) is 0.569. The maximum Gasteiger partial charge on any atom is 0.326 e. The van der Waals surface area contributed by atoms with Crippen LogP contribution in [-0.4, -0.2) is 31.4 Å². The van der Waals surface area contributed by atoms with E-state index in [1.54, 1.807) is 0 Å². The highest BCUT2D eigenvalue weighted by molar-refractivity contribution is 7.88. The van der Waals surface area contributed by atoms with Crippen LogP contribution in [0.25, 0.3) is 0 Å². The molecule has 1 aromatic rings. The number of amides is 1. The Morgan fingerprint density at radius 2 is 2.05 bits per heavy atom. The van der Waals surface area contributed by atoms with E-state index in [9.17, 15) is 18.0 Å². The maximum absolute atomic E-state index is 12.1. The molecule has 1 amide bonds. The van der Waals surface area contributed by atoms with Crippen LogP contribution in [-0.2, 0) is 20.6 Å². The Balaban J connectivity index is 2.84. The van der Waals surface area contributed by atoms with Crippen LogP contribution in [0.5, 0.6) is 0 Å². The summed E-state index contributed by atoms with van der Waals surface area (Å²) in [4.78, 5) is 23.2. The first-order chi connectivity index (χ1) is 10.2. The van der Waals surface area contributed by atoms with Crippen molar-refractivity contribution >= 4 is 21.9 Å². The van der Waals surface area contributed by atoms with Crippen LogP contribution >= 0.6 is 0 Å². The SMILES string of the molecule is CCCC[C@H](NC(=O)c1cccc(CS(N)(=O)=O)c1)C(=O)O. The average molecular weight is 328 g/mol. The number of benzene rings is 1. The predicted molar refractivity (Wildman–Crippen MR) is 81.7 cm³/mol. The Labute approximate surface area is 129 Å². The minimum atomic E-state index is -3.69. The van der Waals surface area contributed by atoms with Gasteiger partial charge in [-0.15, -0.1) is 0 Å². The molecule has 4 N–H and O–H groups in total. The monoisotopic (exact) mass is 328 g/mol. The number of carbonyl (C=O) groups excluding carboxylic acids is 1. The van der Waals surface area contributed by atoms with Gasteiger partial charge in [0.05, 0.1) is 5.75 Å². The van der Waals surface area contributed by atoms with E-state index in [1.165, 1.54) is 24.3 Å². The molecule has 8 heteroatoms. The minimum Gasteiger partial charge on any atom is -0.480 e. The fraction of sp³-hybridized carbons (Fsp3) is 0.429. The van der Waals surface area contributed by atoms with E-state index in [4.69, 9.17) is 10.2 Å². The van der Waals surface area contributed by atoms with E-state index >= 15 is 0 Å². The molecule has 0 saturated carbocycles. The number of sulfonamides is 1. The Hall–Kier alpha value is -1.93. The van der Waals surface area contributed by atoms with E-state index in [-0.39, 0.29) is 11.3 Å². The lowest BCUT2D eigenvalue weighted by molar-refractivity contribution is -0.139. The van der Waals surface area contributed by atoms with Crippen LogP contribution in [0.1, 0.15) is 42.1 Å². The fourth-order valence-corrected chi connectivity index (χ4v) is 2.59. The average Bonchev–Trinajstić information content (AvgIpc) is 2.41. The molecule has 0 unspecified atom stereocenters. The van der Waals surface area contributed by atoms with Crippen molar-refractivity contribution in [3.8, 4) is 0 Å². The van der Waals surface area contributed by atoms with Crippen molar-refractivity contribution in [1.82, 2.24) is 5.32 Å². The van der Waals surface area contributed by atoms with Gasteiger partial charge in [0.15, 0.2) is 0 Å². The normalized spacial score (nSPS) is 12.6. The molecule has 0 saturated heterocycles. The number of nitrogens with one attached hydrogen (secondary N) is 1. The number of unbranched alkanes of at least 4 members (excludes halogenated alkanes) is 1. The molecule has 1 atom stereocenters. The van der Waals surface area contributed by atoms with E-state index in [2.05, 4.69) is 5.32 Å². The van der Waals surface area contributed by atoms with Gasteiger partial charge in [-0.3, -0.25) is 4.79 Å². The third-order valence-electron chi connectivity index (χ3n) is 3.01. The number of nitrogens with two attached hydrogens (primary N) is 1. The van der Waals surface area contributed by atoms with Crippen molar-refractivity contribution in [2.24, 2.45) is 5.14 Å². The van der Waals surface area contributed by atoms with Gasteiger partial charge in [-0.05, 0) is 24.1 Å². The third-order valence-corrected chi connectivity index (χ3v) is 3.74. The molecule has 0 aliphatic rings. The Bertz CT molecular complexity index is 642. The Morgan fingerprint density at radius 3 is 2.59 bits per heavy atom. The molecular weight excluding hydrogens is 308 g/mol. The summed E-state index contributed by atoms with van der Waals surface area (Å²) in [5, 5.41) is 16.5. The van der Waals surface area contributed by atoms with Crippen LogP contribution in [0.4, 0.5) is 0 Å². The lowest BCUT2D eigenvalue weighted by Gasteiger charge is -2.14. The highest BCUT2D eigenvalue weighted by Gasteiger charge is 2.20. The quantitative estimate of drug-likeness (QED) is 0.652. The third kappa shape index (κ3) is 6.23. The van der Waals surface area contributed by atoms with Gasteiger partial charge in [-0.2, -0.15) is 0 Å². The molecule has 0 aromatic heterocycles. The highest BCUT2D eigenvalue weighted by Crippen LogP contribution is 2.09. The number of aliphatic carboxylic acids is 1. The lowest BCUT2D eigenvalue weighted by Crippen LogP contribution is -2.40. The smallest absolute Gasteiger partial charge is 0.326 e. The molecule has 0 spiro atoms. The van der Waals surface area contributed by atoms with E-state index in [1.807, 2.05) is 6.92 Å². The number of carboxylic acids is 1. The summed E-state index contributed by atoms with van der Waals surface area (Å²) in [7, 11) is -3.69. The topological polar surface area (TPSA) is 127 Å². The molecule has 1 aromatic carbocycles. The number of carboxylic acid groups (broad SMARTS) is 1. The molecule has 122 valence electrons. The van der Waals surface area contributed by atoms with Gasteiger partial charge in [-0.1, -0.05) is 31.9 Å². The number of hydrogen-bond acceptors (Lipinski definition) is 4. The molecule has 7 nitrogen and oxygen atoms in total. The first kappa shape index (κ1) is 18.1. The zero-order valence-corrected chi connectivity index (χ0v) is 13.1. The second kappa shape index (κ2) is 7.90. The molecule has 0 heterocycles. The highest BCUT2D eigenvalue weighted by atomic mass is 32.2. The van der Waals surface area contributed by atoms with Crippen LogP contribution < -0.4 is 10.5 Å².